The Labute approximate surface area is 101 Å². The molecule has 0 aromatic carbocycles. The number of carbonyl (C=O) groups is 2. The third-order valence-electron chi connectivity index (χ3n) is 4.09. The number of carboxylic acid groups (broad SMARTS) is 1. The first-order valence-corrected chi connectivity index (χ1v) is 6.21. The maximum Gasteiger partial charge on any atom is 0.317 e. The van der Waals surface area contributed by atoms with Crippen molar-refractivity contribution in [3.8, 4) is 0 Å². The third-order valence-corrected chi connectivity index (χ3v) is 4.09. The minimum absolute atomic E-state index is 0.0354. The summed E-state index contributed by atoms with van der Waals surface area (Å²) in [6, 6.07) is 0.294. The number of rotatable bonds is 2. The number of amides is 2. The van der Waals surface area contributed by atoms with Crippen molar-refractivity contribution in [2.45, 2.75) is 39.2 Å². The number of nitrogens with zero attached hydrogens (tertiary/aromatic N) is 1. The zero-order chi connectivity index (χ0) is 12.6. The lowest BCUT2D eigenvalue weighted by molar-refractivity contribution is -0.150. The Morgan fingerprint density at radius 3 is 2.29 bits per heavy atom. The monoisotopic (exact) mass is 240 g/mol. The zero-order valence-electron chi connectivity index (χ0n) is 10.4. The number of hydrogen-bond acceptors (Lipinski definition) is 2. The number of carbonyl (C=O) groups excluding carboxylic acids is 1. The Kier molecular flexibility index (Phi) is 3.02. The third kappa shape index (κ3) is 2.53. The molecule has 0 spiro atoms. The van der Waals surface area contributed by atoms with Crippen molar-refractivity contribution in [3.05, 3.63) is 0 Å². The van der Waals surface area contributed by atoms with E-state index in [0.29, 0.717) is 37.9 Å². The first kappa shape index (κ1) is 12.2. The molecule has 0 radical (unpaired) electrons. The predicted molar refractivity (Wildman–Crippen MR) is 62.7 cm³/mol. The summed E-state index contributed by atoms with van der Waals surface area (Å²) in [4.78, 5) is 24.6. The molecule has 5 nitrogen and oxygen atoms in total. The Bertz CT molecular complexity index is 335. The molecule has 17 heavy (non-hydrogen) atoms. The van der Waals surface area contributed by atoms with Crippen molar-refractivity contribution < 1.29 is 14.7 Å². The quantitative estimate of drug-likeness (QED) is 0.764. The molecule has 2 rings (SSSR count). The van der Waals surface area contributed by atoms with E-state index in [1.54, 1.807) is 11.8 Å². The number of hydrogen-bond donors (Lipinski definition) is 2. The second-order valence-corrected chi connectivity index (χ2v) is 5.62. The van der Waals surface area contributed by atoms with Gasteiger partial charge in [-0.1, -0.05) is 6.92 Å². The minimum Gasteiger partial charge on any atom is -0.481 e. The average Bonchev–Trinajstić information content (AvgIpc) is 2.95. The van der Waals surface area contributed by atoms with E-state index in [1.807, 2.05) is 0 Å². The molecule has 2 aliphatic rings. The Hall–Kier alpha value is -1.26. The highest BCUT2D eigenvalue weighted by atomic mass is 16.4. The predicted octanol–water partition coefficient (Wildman–Crippen LogP) is 1.29. The molecule has 1 aliphatic heterocycles. The summed E-state index contributed by atoms with van der Waals surface area (Å²) in [5.41, 5.74) is -0.663. The van der Waals surface area contributed by atoms with Crippen molar-refractivity contribution in [2.75, 3.05) is 13.1 Å². The first-order chi connectivity index (χ1) is 7.92. The van der Waals surface area contributed by atoms with Gasteiger partial charge < -0.3 is 15.3 Å². The summed E-state index contributed by atoms with van der Waals surface area (Å²) in [7, 11) is 0. The van der Waals surface area contributed by atoms with Crippen LogP contribution >= 0.6 is 0 Å². The number of carboxylic acids is 1. The fourth-order valence-corrected chi connectivity index (χ4v) is 2.19. The van der Waals surface area contributed by atoms with Crippen LogP contribution in [-0.2, 0) is 4.79 Å². The Morgan fingerprint density at radius 2 is 1.88 bits per heavy atom. The maximum absolute atomic E-state index is 11.8. The van der Waals surface area contributed by atoms with E-state index in [4.69, 9.17) is 5.11 Å². The van der Waals surface area contributed by atoms with Crippen LogP contribution in [-0.4, -0.2) is 41.1 Å². The molecular formula is C12H20N2O3. The summed E-state index contributed by atoms with van der Waals surface area (Å²) in [5.74, 6) is -0.165. The minimum atomic E-state index is -0.756. The highest BCUT2D eigenvalue weighted by Crippen LogP contribution is 2.32. The molecule has 1 saturated carbocycles. The smallest absolute Gasteiger partial charge is 0.317 e. The van der Waals surface area contributed by atoms with Crippen LogP contribution in [0.3, 0.4) is 0 Å². The van der Waals surface area contributed by atoms with Gasteiger partial charge in [-0.05, 0) is 32.1 Å². The molecule has 0 aromatic heterocycles. The topological polar surface area (TPSA) is 69.6 Å². The molecular weight excluding hydrogens is 220 g/mol. The van der Waals surface area contributed by atoms with Crippen molar-refractivity contribution in [3.63, 3.8) is 0 Å². The zero-order valence-corrected chi connectivity index (χ0v) is 10.4. The van der Waals surface area contributed by atoms with E-state index >= 15 is 0 Å². The van der Waals surface area contributed by atoms with E-state index < -0.39 is 11.4 Å². The normalized spacial score (nSPS) is 30.8. The maximum atomic E-state index is 11.8. The van der Waals surface area contributed by atoms with Gasteiger partial charge in [-0.15, -0.1) is 0 Å². The number of likely N-dealkylation sites (tertiary alicyclic amines) is 1. The van der Waals surface area contributed by atoms with Gasteiger partial charge in [0.15, 0.2) is 0 Å². The summed E-state index contributed by atoms with van der Waals surface area (Å²) >= 11 is 0. The summed E-state index contributed by atoms with van der Waals surface area (Å²) < 4.78 is 0. The van der Waals surface area contributed by atoms with Crippen LogP contribution in [0.2, 0.25) is 0 Å². The molecule has 1 heterocycles. The summed E-state index contributed by atoms with van der Waals surface area (Å²) in [5, 5.41) is 12.1. The van der Waals surface area contributed by atoms with Crippen LogP contribution in [0.4, 0.5) is 4.79 Å². The molecule has 2 N–H and O–H groups in total. The molecule has 5 heteroatoms. The van der Waals surface area contributed by atoms with E-state index in [1.165, 1.54) is 0 Å². The number of nitrogens with one attached hydrogen (secondary N) is 1. The van der Waals surface area contributed by atoms with Crippen molar-refractivity contribution in [2.24, 2.45) is 11.3 Å². The fraction of sp³-hybridized carbons (Fsp3) is 0.833. The molecule has 0 bridgehead atoms. The molecule has 1 saturated heterocycles. The number of piperidine rings is 1. The van der Waals surface area contributed by atoms with Crippen LogP contribution in [0.25, 0.3) is 0 Å². The van der Waals surface area contributed by atoms with E-state index in [9.17, 15) is 9.59 Å². The highest BCUT2D eigenvalue weighted by molar-refractivity contribution is 5.77. The van der Waals surface area contributed by atoms with Gasteiger partial charge in [0.05, 0.1) is 5.41 Å². The van der Waals surface area contributed by atoms with Crippen LogP contribution < -0.4 is 5.32 Å². The number of aliphatic carboxylic acids is 1. The van der Waals surface area contributed by atoms with Gasteiger partial charge in [0.2, 0.25) is 0 Å². The molecule has 2 atom stereocenters. The van der Waals surface area contributed by atoms with Gasteiger partial charge in [-0.2, -0.15) is 0 Å². The van der Waals surface area contributed by atoms with Crippen LogP contribution in [0, 0.1) is 11.3 Å². The van der Waals surface area contributed by atoms with Crippen LogP contribution in [0.5, 0.6) is 0 Å². The molecule has 2 amide bonds. The Balaban J connectivity index is 1.82. The first-order valence-electron chi connectivity index (χ1n) is 6.21. The van der Waals surface area contributed by atoms with E-state index in [2.05, 4.69) is 12.2 Å². The number of urea groups is 1. The Morgan fingerprint density at radius 1 is 1.35 bits per heavy atom. The average molecular weight is 240 g/mol. The lowest BCUT2D eigenvalue weighted by Gasteiger charge is -2.36. The second kappa shape index (κ2) is 4.20. The van der Waals surface area contributed by atoms with Crippen LogP contribution in [0.15, 0.2) is 0 Å². The van der Waals surface area contributed by atoms with Gasteiger partial charge in [0.25, 0.3) is 0 Å². The van der Waals surface area contributed by atoms with Gasteiger partial charge in [-0.3, -0.25) is 4.79 Å². The molecule has 2 fully saturated rings. The molecule has 1 aliphatic carbocycles. The van der Waals surface area contributed by atoms with Crippen molar-refractivity contribution >= 4 is 12.0 Å². The SMILES string of the molecule is CC1CC1NC(=O)N1CCC(C)(C(=O)O)CC1. The van der Waals surface area contributed by atoms with Gasteiger partial charge in [0, 0.05) is 19.1 Å². The summed E-state index contributed by atoms with van der Waals surface area (Å²) in [6.45, 7) is 4.95. The standard InChI is InChI=1S/C12H20N2O3/c1-8-7-9(8)13-11(17)14-5-3-12(2,4-6-14)10(15)16/h8-9H,3-7H2,1-2H3,(H,13,17)(H,15,16). The van der Waals surface area contributed by atoms with Gasteiger partial charge in [0.1, 0.15) is 0 Å². The lowest BCUT2D eigenvalue weighted by Crippen LogP contribution is -2.49. The fourth-order valence-electron chi connectivity index (χ4n) is 2.19. The second-order valence-electron chi connectivity index (χ2n) is 5.62. The highest BCUT2D eigenvalue weighted by Gasteiger charge is 2.40. The lowest BCUT2D eigenvalue weighted by atomic mass is 9.80. The largest absolute Gasteiger partial charge is 0.481 e. The molecule has 96 valence electrons. The molecule has 2 unspecified atom stereocenters. The van der Waals surface area contributed by atoms with E-state index in [-0.39, 0.29) is 6.03 Å². The van der Waals surface area contributed by atoms with E-state index in [0.717, 1.165) is 6.42 Å². The molecule has 0 aromatic rings. The van der Waals surface area contributed by atoms with Crippen molar-refractivity contribution in [1.82, 2.24) is 10.2 Å². The van der Waals surface area contributed by atoms with Gasteiger partial charge >= 0.3 is 12.0 Å². The van der Waals surface area contributed by atoms with Crippen LogP contribution in [0.1, 0.15) is 33.1 Å². The van der Waals surface area contributed by atoms with Crippen molar-refractivity contribution in [1.29, 1.82) is 0 Å². The summed E-state index contributed by atoms with van der Waals surface area (Å²) in [6.07, 6.45) is 2.14. The van der Waals surface area contributed by atoms with Gasteiger partial charge in [-0.25, -0.2) is 4.79 Å².